The Bertz CT molecular complexity index is 609. The molecule has 1 aromatic carbocycles. The third kappa shape index (κ3) is 3.21. The number of hydrogen-bond acceptors (Lipinski definition) is 3. The molecule has 2 rings (SSSR count). The Morgan fingerprint density at radius 1 is 1.30 bits per heavy atom. The van der Waals surface area contributed by atoms with E-state index in [1.165, 1.54) is 12.1 Å². The van der Waals surface area contributed by atoms with Crippen molar-refractivity contribution in [1.82, 2.24) is 10.3 Å². The molecule has 0 bridgehead atoms. The fraction of sp³-hybridized carbons (Fsp3) is 0.143. The van der Waals surface area contributed by atoms with Crippen molar-refractivity contribution in [2.75, 3.05) is 5.73 Å². The summed E-state index contributed by atoms with van der Waals surface area (Å²) in [7, 11) is 0. The zero-order valence-corrected chi connectivity index (χ0v) is 12.2. The SMILES string of the molecule is CC(NC(=O)c1cc(N)c(Cl)c(Cl)c1)c1ccncc1. The van der Waals surface area contributed by atoms with Gasteiger partial charge in [-0.15, -0.1) is 0 Å². The van der Waals surface area contributed by atoms with Crippen LogP contribution in [0.15, 0.2) is 36.7 Å². The van der Waals surface area contributed by atoms with Crippen LogP contribution < -0.4 is 11.1 Å². The highest BCUT2D eigenvalue weighted by molar-refractivity contribution is 6.43. The van der Waals surface area contributed by atoms with Crippen LogP contribution in [-0.4, -0.2) is 10.9 Å². The molecule has 2 aromatic rings. The van der Waals surface area contributed by atoms with Gasteiger partial charge in [0.15, 0.2) is 0 Å². The number of nitrogens with one attached hydrogen (secondary N) is 1. The molecule has 1 atom stereocenters. The number of benzene rings is 1. The smallest absolute Gasteiger partial charge is 0.251 e. The van der Waals surface area contributed by atoms with Crippen LogP contribution in [0.5, 0.6) is 0 Å². The predicted molar refractivity (Wildman–Crippen MR) is 81.0 cm³/mol. The lowest BCUT2D eigenvalue weighted by molar-refractivity contribution is 0.0940. The summed E-state index contributed by atoms with van der Waals surface area (Å²) < 4.78 is 0. The third-order valence-electron chi connectivity index (χ3n) is 2.87. The first-order valence-corrected chi connectivity index (χ1v) is 6.70. The van der Waals surface area contributed by atoms with Crippen LogP contribution in [0, 0.1) is 0 Å². The van der Waals surface area contributed by atoms with E-state index in [0.29, 0.717) is 5.56 Å². The molecule has 20 heavy (non-hydrogen) atoms. The topological polar surface area (TPSA) is 68.0 Å². The minimum atomic E-state index is -0.264. The van der Waals surface area contributed by atoms with Crippen molar-refractivity contribution in [3.05, 3.63) is 57.8 Å². The highest BCUT2D eigenvalue weighted by Gasteiger charge is 2.14. The number of halogens is 2. The molecular weight excluding hydrogens is 297 g/mol. The Labute approximate surface area is 126 Å². The molecule has 1 amide bonds. The molecule has 1 heterocycles. The van der Waals surface area contributed by atoms with Crippen molar-refractivity contribution in [3.63, 3.8) is 0 Å². The number of carbonyl (C=O) groups excluding carboxylic acids is 1. The Hall–Kier alpha value is -1.78. The summed E-state index contributed by atoms with van der Waals surface area (Å²) in [6.07, 6.45) is 3.35. The summed E-state index contributed by atoms with van der Waals surface area (Å²) in [6, 6.07) is 6.53. The summed E-state index contributed by atoms with van der Waals surface area (Å²) >= 11 is 11.8. The second-order valence-corrected chi connectivity index (χ2v) is 5.12. The number of amides is 1. The summed E-state index contributed by atoms with van der Waals surface area (Å²) in [5.41, 5.74) is 7.31. The first-order valence-electron chi connectivity index (χ1n) is 5.94. The lowest BCUT2D eigenvalue weighted by Gasteiger charge is -2.14. The predicted octanol–water partition coefficient (Wildman–Crippen LogP) is 3.46. The van der Waals surface area contributed by atoms with E-state index in [2.05, 4.69) is 10.3 Å². The molecule has 0 radical (unpaired) electrons. The van der Waals surface area contributed by atoms with E-state index in [1.54, 1.807) is 12.4 Å². The van der Waals surface area contributed by atoms with Gasteiger partial charge in [0.2, 0.25) is 0 Å². The molecule has 104 valence electrons. The van der Waals surface area contributed by atoms with Gasteiger partial charge in [-0.3, -0.25) is 9.78 Å². The van der Waals surface area contributed by atoms with Gasteiger partial charge in [0, 0.05) is 18.0 Å². The summed E-state index contributed by atoms with van der Waals surface area (Å²) in [5.74, 6) is -0.264. The second kappa shape index (κ2) is 6.11. The maximum atomic E-state index is 12.2. The van der Waals surface area contributed by atoms with Gasteiger partial charge in [0.05, 0.1) is 21.8 Å². The Kier molecular flexibility index (Phi) is 4.47. The number of hydrogen-bond donors (Lipinski definition) is 2. The van der Waals surface area contributed by atoms with Gasteiger partial charge >= 0.3 is 0 Å². The number of rotatable bonds is 3. The molecule has 0 aliphatic carbocycles. The monoisotopic (exact) mass is 309 g/mol. The van der Waals surface area contributed by atoms with Gasteiger partial charge in [-0.1, -0.05) is 23.2 Å². The normalized spacial score (nSPS) is 11.9. The van der Waals surface area contributed by atoms with E-state index in [-0.39, 0.29) is 27.7 Å². The molecule has 4 nitrogen and oxygen atoms in total. The van der Waals surface area contributed by atoms with Crippen LogP contribution in [-0.2, 0) is 0 Å². The summed E-state index contributed by atoms with van der Waals surface area (Å²) in [6.45, 7) is 1.88. The number of nitrogens with zero attached hydrogens (tertiary/aromatic N) is 1. The number of pyridine rings is 1. The first-order chi connectivity index (χ1) is 9.49. The molecule has 0 aliphatic heterocycles. The molecule has 1 unspecified atom stereocenters. The molecule has 0 saturated carbocycles. The maximum Gasteiger partial charge on any atom is 0.251 e. The van der Waals surface area contributed by atoms with Crippen molar-refractivity contribution < 1.29 is 4.79 Å². The molecule has 3 N–H and O–H groups in total. The number of nitrogens with two attached hydrogens (primary N) is 1. The van der Waals surface area contributed by atoms with Crippen LogP contribution >= 0.6 is 23.2 Å². The number of aromatic nitrogens is 1. The zero-order chi connectivity index (χ0) is 14.7. The minimum Gasteiger partial charge on any atom is -0.397 e. The highest BCUT2D eigenvalue weighted by atomic mass is 35.5. The molecular formula is C14H13Cl2N3O. The van der Waals surface area contributed by atoms with Gasteiger partial charge in [-0.2, -0.15) is 0 Å². The van der Waals surface area contributed by atoms with Gasteiger partial charge in [0.1, 0.15) is 0 Å². The molecule has 6 heteroatoms. The molecule has 0 spiro atoms. The van der Waals surface area contributed by atoms with E-state index in [4.69, 9.17) is 28.9 Å². The van der Waals surface area contributed by atoms with Crippen molar-refractivity contribution >= 4 is 34.8 Å². The van der Waals surface area contributed by atoms with Crippen molar-refractivity contribution in [1.29, 1.82) is 0 Å². The van der Waals surface area contributed by atoms with Crippen LogP contribution in [0.3, 0.4) is 0 Å². The van der Waals surface area contributed by atoms with Crippen molar-refractivity contribution in [3.8, 4) is 0 Å². The molecule has 0 saturated heterocycles. The maximum absolute atomic E-state index is 12.2. The van der Waals surface area contributed by atoms with E-state index >= 15 is 0 Å². The fourth-order valence-corrected chi connectivity index (χ4v) is 2.09. The highest BCUT2D eigenvalue weighted by Crippen LogP contribution is 2.29. The van der Waals surface area contributed by atoms with E-state index in [1.807, 2.05) is 19.1 Å². The fourth-order valence-electron chi connectivity index (χ4n) is 1.76. The van der Waals surface area contributed by atoms with Crippen LogP contribution in [0.25, 0.3) is 0 Å². The van der Waals surface area contributed by atoms with Gasteiger partial charge in [-0.25, -0.2) is 0 Å². The zero-order valence-electron chi connectivity index (χ0n) is 10.7. The van der Waals surface area contributed by atoms with Crippen LogP contribution in [0.4, 0.5) is 5.69 Å². The number of anilines is 1. The van der Waals surface area contributed by atoms with Crippen LogP contribution in [0.1, 0.15) is 28.9 Å². The Morgan fingerprint density at radius 3 is 2.55 bits per heavy atom. The first kappa shape index (κ1) is 14.6. The lowest BCUT2D eigenvalue weighted by Crippen LogP contribution is -2.26. The van der Waals surface area contributed by atoms with Gasteiger partial charge in [-0.05, 0) is 36.8 Å². The van der Waals surface area contributed by atoms with E-state index in [9.17, 15) is 4.79 Å². The van der Waals surface area contributed by atoms with E-state index < -0.39 is 0 Å². The van der Waals surface area contributed by atoms with Crippen molar-refractivity contribution in [2.45, 2.75) is 13.0 Å². The third-order valence-corrected chi connectivity index (χ3v) is 3.69. The molecule has 1 aromatic heterocycles. The summed E-state index contributed by atoms with van der Waals surface area (Å²) in [5, 5.41) is 3.38. The average molecular weight is 310 g/mol. The number of nitrogen functional groups attached to an aromatic ring is 1. The van der Waals surface area contributed by atoms with Crippen LogP contribution in [0.2, 0.25) is 10.0 Å². The minimum absolute atomic E-state index is 0.152. The Morgan fingerprint density at radius 2 is 1.95 bits per heavy atom. The standard InChI is InChI=1S/C14H13Cl2N3O/c1-8(9-2-4-18-5-3-9)19-14(20)10-6-11(15)13(16)12(17)7-10/h2-8H,17H2,1H3,(H,19,20). The number of carbonyl (C=O) groups is 1. The lowest BCUT2D eigenvalue weighted by atomic mass is 10.1. The van der Waals surface area contributed by atoms with Crippen molar-refractivity contribution in [2.24, 2.45) is 0 Å². The Balaban J connectivity index is 2.17. The average Bonchev–Trinajstić information content (AvgIpc) is 2.45. The largest absolute Gasteiger partial charge is 0.397 e. The molecule has 0 aliphatic rings. The summed E-state index contributed by atoms with van der Waals surface area (Å²) in [4.78, 5) is 16.1. The van der Waals surface area contributed by atoms with Gasteiger partial charge in [0.25, 0.3) is 5.91 Å². The second-order valence-electron chi connectivity index (χ2n) is 4.34. The quantitative estimate of drug-likeness (QED) is 0.853. The molecule has 0 fully saturated rings. The van der Waals surface area contributed by atoms with E-state index in [0.717, 1.165) is 5.56 Å². The van der Waals surface area contributed by atoms with Gasteiger partial charge < -0.3 is 11.1 Å².